The van der Waals surface area contributed by atoms with Crippen LogP contribution >= 0.6 is 0 Å². The van der Waals surface area contributed by atoms with Crippen molar-refractivity contribution in [3.05, 3.63) is 124 Å². The number of aliphatic hydroxyl groups excluding tert-OH is 1. The minimum absolute atomic E-state index is 0.00510. The van der Waals surface area contributed by atoms with Crippen molar-refractivity contribution in [1.82, 2.24) is 0 Å². The highest BCUT2D eigenvalue weighted by atomic mass is 32.2. The summed E-state index contributed by atoms with van der Waals surface area (Å²) in [5, 5.41) is 65.4. The van der Waals surface area contributed by atoms with Crippen LogP contribution in [0.4, 0.5) is 11.4 Å². The molecule has 0 amide bonds. The first-order valence-corrected chi connectivity index (χ1v) is 18.5. The Morgan fingerprint density at radius 3 is 2.28 bits per heavy atom. The lowest BCUT2D eigenvalue weighted by Crippen LogP contribution is -2.42. The summed E-state index contributed by atoms with van der Waals surface area (Å²) in [4.78, 5) is 27.3. The Labute approximate surface area is 310 Å². The molecule has 0 fully saturated rings. The molecule has 0 aromatic heterocycles. The fraction of sp³-hybridized carbons (Fsp3) is 0.220. The molecule has 5 aromatic carbocycles. The number of hydrogen-bond acceptors (Lipinski definition) is 12. The molecule has 13 heteroatoms. The van der Waals surface area contributed by atoms with Gasteiger partial charge in [-0.3, -0.25) is 9.59 Å². The number of aromatic hydroxyl groups is 3. The Morgan fingerprint density at radius 2 is 1.57 bits per heavy atom. The Kier molecular flexibility index (Phi) is 8.91. The molecule has 0 saturated carbocycles. The van der Waals surface area contributed by atoms with Crippen LogP contribution in [0.25, 0.3) is 10.8 Å². The number of phenolic OH excluding ortho intramolecular Hbond substituents is 3. The van der Waals surface area contributed by atoms with Gasteiger partial charge in [0.1, 0.15) is 28.7 Å². The lowest BCUT2D eigenvalue weighted by Gasteiger charge is -2.38. The van der Waals surface area contributed by atoms with Crippen LogP contribution < -0.4 is 4.74 Å². The van der Waals surface area contributed by atoms with E-state index in [4.69, 9.17) is 4.74 Å². The third-order valence-corrected chi connectivity index (χ3v) is 12.7. The van der Waals surface area contributed by atoms with Gasteiger partial charge in [0.2, 0.25) is 5.78 Å². The number of sulfone groups is 1. The number of carbonyl (C=O) groups is 2. The van der Waals surface area contributed by atoms with E-state index in [2.05, 4.69) is 10.2 Å². The largest absolute Gasteiger partial charge is 0.507 e. The summed E-state index contributed by atoms with van der Waals surface area (Å²) >= 11 is 0. The summed E-state index contributed by atoms with van der Waals surface area (Å²) in [5.74, 6) is -2.51. The molecule has 1 atom stereocenters. The van der Waals surface area contributed by atoms with Crippen LogP contribution in [0.1, 0.15) is 63.2 Å². The van der Waals surface area contributed by atoms with Crippen molar-refractivity contribution in [2.75, 3.05) is 13.7 Å². The van der Waals surface area contributed by atoms with Crippen molar-refractivity contribution >= 4 is 43.6 Å². The summed E-state index contributed by atoms with van der Waals surface area (Å²) in [6.07, 6.45) is 0.685. The van der Waals surface area contributed by atoms with Crippen LogP contribution in [0.15, 0.2) is 106 Å². The zero-order valence-electron chi connectivity index (χ0n) is 29.5. The number of ether oxygens (including phenoxy) is 1. The zero-order valence-corrected chi connectivity index (χ0v) is 30.3. The molecule has 2 aliphatic rings. The van der Waals surface area contributed by atoms with Gasteiger partial charge in [-0.2, -0.15) is 5.11 Å². The molecular formula is C41H36N2O10S. The van der Waals surface area contributed by atoms with E-state index in [1.54, 1.807) is 30.3 Å². The highest BCUT2D eigenvalue weighted by Gasteiger charge is 2.45. The maximum absolute atomic E-state index is 14.2. The predicted octanol–water partition coefficient (Wildman–Crippen LogP) is 6.55. The number of phenols is 3. The van der Waals surface area contributed by atoms with Gasteiger partial charge in [-0.25, -0.2) is 8.42 Å². The topological polar surface area (TPSA) is 203 Å². The van der Waals surface area contributed by atoms with Crippen molar-refractivity contribution < 1.29 is 48.3 Å². The SMILES string of the molecule is COc1cccc2c1C(=O)c1c(O)c3c(c(O)c1C2=O)CC(O)(/C(=C/C(C)(C)S(=O)(=O)c1ccc2c(N=Nc4ccccc4)c(O)ccc2c1)CO)CC3. The van der Waals surface area contributed by atoms with Crippen molar-refractivity contribution in [1.29, 1.82) is 0 Å². The molecule has 54 heavy (non-hydrogen) atoms. The van der Waals surface area contributed by atoms with Crippen molar-refractivity contribution in [2.24, 2.45) is 10.2 Å². The van der Waals surface area contributed by atoms with Crippen LogP contribution in [0, 0.1) is 0 Å². The lowest BCUT2D eigenvalue weighted by molar-refractivity contribution is 0.0504. The second-order valence-corrected chi connectivity index (χ2v) is 16.5. The number of benzene rings is 5. The molecule has 2 aliphatic carbocycles. The van der Waals surface area contributed by atoms with Crippen molar-refractivity contribution in [3.63, 3.8) is 0 Å². The molecule has 276 valence electrons. The third kappa shape index (κ3) is 5.72. The van der Waals surface area contributed by atoms with E-state index in [9.17, 15) is 43.5 Å². The van der Waals surface area contributed by atoms with Gasteiger partial charge in [-0.05, 0) is 74.0 Å². The van der Waals surface area contributed by atoms with E-state index >= 15 is 0 Å². The van der Waals surface area contributed by atoms with Gasteiger partial charge in [0.15, 0.2) is 15.6 Å². The number of methoxy groups -OCH3 is 1. The van der Waals surface area contributed by atoms with Gasteiger partial charge in [-0.15, -0.1) is 5.11 Å². The summed E-state index contributed by atoms with van der Waals surface area (Å²) in [6, 6.07) is 20.7. The molecule has 0 aliphatic heterocycles. The van der Waals surface area contributed by atoms with Crippen molar-refractivity contribution in [2.45, 2.75) is 48.4 Å². The molecule has 12 nitrogen and oxygen atoms in total. The molecule has 0 bridgehead atoms. The summed E-state index contributed by atoms with van der Waals surface area (Å²) in [7, 11) is -2.87. The highest BCUT2D eigenvalue weighted by molar-refractivity contribution is 7.93. The summed E-state index contributed by atoms with van der Waals surface area (Å²) in [6.45, 7) is 2.10. The second-order valence-electron chi connectivity index (χ2n) is 13.9. The molecule has 0 radical (unpaired) electrons. The van der Waals surface area contributed by atoms with Gasteiger partial charge in [-0.1, -0.05) is 48.5 Å². The Hall–Kier alpha value is -5.89. The molecule has 0 saturated heterocycles. The van der Waals surface area contributed by atoms with Gasteiger partial charge in [0, 0.05) is 28.5 Å². The van der Waals surface area contributed by atoms with E-state index < -0.39 is 61.8 Å². The molecule has 5 N–H and O–H groups in total. The second kappa shape index (κ2) is 13.2. The van der Waals surface area contributed by atoms with Crippen LogP contribution in [0.2, 0.25) is 0 Å². The van der Waals surface area contributed by atoms with E-state index in [0.717, 1.165) is 0 Å². The molecule has 0 spiro atoms. The fourth-order valence-electron chi connectivity index (χ4n) is 7.38. The maximum atomic E-state index is 14.2. The number of carbonyl (C=O) groups excluding carboxylic acids is 2. The number of fused-ring (bicyclic) bond motifs is 4. The van der Waals surface area contributed by atoms with E-state index in [0.29, 0.717) is 16.5 Å². The standard InChI is InChI=1S/C41H36N2O10S/c1-40(2,54(51,52)25-13-14-26-22(18-25)12-15-30(45)35(26)43-42-24-8-5-4-6-9-24)19-23(21-44)41(50)17-16-27-29(20-41)38(48)33-34(36(27)46)39(49)32-28(37(33)47)10-7-11-31(32)53-3/h4-15,18-19,44-46,48,50H,16-17,20-21H2,1-3H3/b23-19+,43-42?. The van der Waals surface area contributed by atoms with Crippen LogP contribution in [-0.2, 0) is 22.7 Å². The van der Waals surface area contributed by atoms with E-state index in [1.165, 1.54) is 69.5 Å². The minimum atomic E-state index is -4.21. The Morgan fingerprint density at radius 1 is 0.870 bits per heavy atom. The number of azo groups is 1. The molecule has 1 unspecified atom stereocenters. The number of ketones is 2. The summed E-state index contributed by atoms with van der Waals surface area (Å²) in [5.41, 5.74) is -1.90. The van der Waals surface area contributed by atoms with Crippen molar-refractivity contribution in [3.8, 4) is 23.0 Å². The zero-order chi connectivity index (χ0) is 38.7. The number of rotatable bonds is 8. The minimum Gasteiger partial charge on any atom is -0.507 e. The smallest absolute Gasteiger partial charge is 0.202 e. The first-order chi connectivity index (χ1) is 25.6. The average Bonchev–Trinajstić information content (AvgIpc) is 3.16. The maximum Gasteiger partial charge on any atom is 0.202 e. The molecular weight excluding hydrogens is 713 g/mol. The highest BCUT2D eigenvalue weighted by Crippen LogP contribution is 2.49. The van der Waals surface area contributed by atoms with Crippen LogP contribution in [0.3, 0.4) is 0 Å². The van der Waals surface area contributed by atoms with Gasteiger partial charge in [0.25, 0.3) is 0 Å². The van der Waals surface area contributed by atoms with Gasteiger partial charge >= 0.3 is 0 Å². The van der Waals surface area contributed by atoms with Gasteiger partial charge in [0.05, 0.1) is 51.3 Å². The molecule has 7 rings (SSSR count). The quantitative estimate of drug-likeness (QED) is 0.0645. The first-order valence-electron chi connectivity index (χ1n) is 17.0. The molecule has 5 aromatic rings. The Balaban J connectivity index is 1.23. The predicted molar refractivity (Wildman–Crippen MR) is 199 cm³/mol. The van der Waals surface area contributed by atoms with Crippen LogP contribution in [0.5, 0.6) is 23.0 Å². The van der Waals surface area contributed by atoms with Gasteiger partial charge < -0.3 is 30.3 Å². The average molecular weight is 749 g/mol. The first kappa shape index (κ1) is 36.5. The summed E-state index contributed by atoms with van der Waals surface area (Å²) < 4.78 is 32.0. The number of aliphatic hydroxyl groups is 2. The van der Waals surface area contributed by atoms with Crippen LogP contribution in [-0.4, -0.2) is 69.6 Å². The number of hydrogen-bond donors (Lipinski definition) is 5. The number of nitrogens with zero attached hydrogens (tertiary/aromatic N) is 2. The fourth-order valence-corrected chi connectivity index (χ4v) is 8.81. The van der Waals surface area contributed by atoms with E-state index in [1.807, 2.05) is 6.07 Å². The third-order valence-electron chi connectivity index (χ3n) is 10.3. The Bertz CT molecular complexity index is 2580. The lowest BCUT2D eigenvalue weighted by atomic mass is 9.71. The normalized spacial score (nSPS) is 17.4. The molecule has 0 heterocycles. The monoisotopic (exact) mass is 748 g/mol. The van der Waals surface area contributed by atoms with E-state index in [-0.39, 0.29) is 68.3 Å².